The largest absolute Gasteiger partial charge is 0.474 e. The summed E-state index contributed by atoms with van der Waals surface area (Å²) in [5, 5.41) is 12.2. The zero-order valence-electron chi connectivity index (χ0n) is 16.3. The van der Waals surface area contributed by atoms with Gasteiger partial charge in [-0.3, -0.25) is 9.97 Å². The maximum absolute atomic E-state index is 14.5. The molecule has 9 heteroatoms. The van der Waals surface area contributed by atoms with E-state index in [4.69, 9.17) is 14.0 Å². The number of hydrogen-bond acceptors (Lipinski definition) is 8. The minimum Gasteiger partial charge on any atom is -0.474 e. The molecule has 0 saturated heterocycles. The first-order chi connectivity index (χ1) is 14.6. The maximum atomic E-state index is 14.5. The molecule has 0 aliphatic rings. The molecule has 1 atom stereocenters. The summed E-state index contributed by atoms with van der Waals surface area (Å²) in [7, 11) is 0. The number of rotatable bonds is 7. The average Bonchev–Trinajstić information content (AvgIpc) is 3.27. The highest BCUT2D eigenvalue weighted by Gasteiger charge is 2.24. The molecule has 4 aromatic rings. The molecule has 152 valence electrons. The average molecular weight is 407 g/mol. The Morgan fingerprint density at radius 1 is 1.13 bits per heavy atom. The van der Waals surface area contributed by atoms with Gasteiger partial charge in [-0.1, -0.05) is 11.2 Å². The summed E-state index contributed by atoms with van der Waals surface area (Å²) in [6.45, 7) is 3.76. The van der Waals surface area contributed by atoms with Gasteiger partial charge >= 0.3 is 0 Å². The van der Waals surface area contributed by atoms with Gasteiger partial charge in [0.2, 0.25) is 12.5 Å². The van der Waals surface area contributed by atoms with Crippen LogP contribution in [0, 0.1) is 5.82 Å². The van der Waals surface area contributed by atoms with Crippen molar-refractivity contribution in [1.29, 1.82) is 0 Å². The predicted octanol–water partition coefficient (Wildman–Crippen LogP) is 4.08. The smallest absolute Gasteiger partial charge is 0.263 e. The van der Waals surface area contributed by atoms with E-state index < -0.39 is 11.9 Å². The zero-order valence-corrected chi connectivity index (χ0v) is 16.3. The summed E-state index contributed by atoms with van der Waals surface area (Å²) < 4.78 is 25.8. The van der Waals surface area contributed by atoms with Gasteiger partial charge in [0.15, 0.2) is 5.82 Å². The molecule has 3 aromatic heterocycles. The van der Waals surface area contributed by atoms with Gasteiger partial charge in [-0.2, -0.15) is 0 Å². The normalized spacial score (nSPS) is 12.5. The van der Waals surface area contributed by atoms with Crippen molar-refractivity contribution in [2.75, 3.05) is 0 Å². The molecule has 0 saturated carbocycles. The topological polar surface area (TPSA) is 95.5 Å². The van der Waals surface area contributed by atoms with Crippen molar-refractivity contribution >= 4 is 17.1 Å². The Bertz CT molecular complexity index is 1160. The fourth-order valence-corrected chi connectivity index (χ4v) is 2.76. The molecule has 0 aliphatic heterocycles. The van der Waals surface area contributed by atoms with Crippen LogP contribution in [-0.2, 0) is 4.84 Å². The molecule has 8 nitrogen and oxygen atoms in total. The summed E-state index contributed by atoms with van der Waals surface area (Å²) >= 11 is 0. The number of halogens is 1. The number of nitrogens with zero attached hydrogens (tertiary/aromatic N) is 5. The Morgan fingerprint density at radius 3 is 2.83 bits per heavy atom. The number of pyridine rings is 2. The first-order valence-corrected chi connectivity index (χ1v) is 9.22. The summed E-state index contributed by atoms with van der Waals surface area (Å²) in [4.78, 5) is 13.6. The van der Waals surface area contributed by atoms with Crippen molar-refractivity contribution in [3.63, 3.8) is 0 Å². The summed E-state index contributed by atoms with van der Waals surface area (Å²) in [6, 6.07) is 9.95. The highest BCUT2D eigenvalue weighted by molar-refractivity contribution is 5.80. The second kappa shape index (κ2) is 8.64. The lowest BCUT2D eigenvalue weighted by Crippen LogP contribution is -2.12. The first-order valence-electron chi connectivity index (χ1n) is 9.22. The first kappa shape index (κ1) is 19.4. The van der Waals surface area contributed by atoms with Gasteiger partial charge in [-0.15, -0.1) is 10.2 Å². The van der Waals surface area contributed by atoms with E-state index in [1.54, 1.807) is 42.7 Å². The Kier molecular flexibility index (Phi) is 5.60. The van der Waals surface area contributed by atoms with Crippen LogP contribution in [0.3, 0.4) is 0 Å². The van der Waals surface area contributed by atoms with Crippen LogP contribution in [0.4, 0.5) is 4.39 Å². The number of hydrogen-bond donors (Lipinski definition) is 0. The molecule has 0 fully saturated rings. The second-order valence-corrected chi connectivity index (χ2v) is 6.66. The number of fused-ring (bicyclic) bond motifs is 1. The van der Waals surface area contributed by atoms with E-state index in [1.807, 2.05) is 13.8 Å². The van der Waals surface area contributed by atoms with Gasteiger partial charge in [0, 0.05) is 23.8 Å². The maximum Gasteiger partial charge on any atom is 0.263 e. The van der Waals surface area contributed by atoms with Gasteiger partial charge in [0.1, 0.15) is 17.4 Å². The molecule has 1 aromatic carbocycles. The molecule has 3 heterocycles. The van der Waals surface area contributed by atoms with Crippen LogP contribution < -0.4 is 4.74 Å². The predicted molar refractivity (Wildman–Crippen MR) is 107 cm³/mol. The zero-order chi connectivity index (χ0) is 20.9. The molecule has 1 unspecified atom stereocenters. The van der Waals surface area contributed by atoms with Crippen LogP contribution in [0.2, 0.25) is 0 Å². The summed E-state index contributed by atoms with van der Waals surface area (Å²) in [6.07, 6.45) is 5.02. The Morgan fingerprint density at radius 2 is 2.03 bits per heavy atom. The van der Waals surface area contributed by atoms with Gasteiger partial charge in [0.25, 0.3) is 5.89 Å². The Hall–Kier alpha value is -3.88. The molecule has 0 aliphatic carbocycles. The number of aromatic nitrogens is 4. The third-order valence-corrected chi connectivity index (χ3v) is 4.03. The number of oxime groups is 1. The lowest BCUT2D eigenvalue weighted by molar-refractivity contribution is 0.0873. The number of ether oxygens (including phenoxy) is 1. The van der Waals surface area contributed by atoms with E-state index in [0.717, 1.165) is 5.56 Å². The highest BCUT2D eigenvalue weighted by atomic mass is 19.1. The van der Waals surface area contributed by atoms with Crippen LogP contribution in [-0.4, -0.2) is 32.5 Å². The molecule has 0 bridgehead atoms. The monoisotopic (exact) mass is 407 g/mol. The van der Waals surface area contributed by atoms with E-state index in [1.165, 1.54) is 18.7 Å². The van der Waals surface area contributed by atoms with E-state index in [9.17, 15) is 4.39 Å². The van der Waals surface area contributed by atoms with Crippen LogP contribution in [0.5, 0.6) is 5.75 Å². The molecular formula is C21H18FN5O3. The van der Waals surface area contributed by atoms with E-state index in [-0.39, 0.29) is 23.3 Å². The Labute approximate surface area is 171 Å². The molecule has 4 rings (SSSR count). The standard InChI is InChI=1S/C21H18FN5O3/c1-13(2)30-26-11-14-5-7-23-18(8-14)20(21-27-25-12-28-21)29-16-9-15-4-3-6-24-19(15)17(22)10-16/h3-13,20H,1-2H3/b26-11+. The van der Waals surface area contributed by atoms with Gasteiger partial charge in [-0.05, 0) is 43.7 Å². The lowest BCUT2D eigenvalue weighted by atomic mass is 10.1. The van der Waals surface area contributed by atoms with Crippen molar-refractivity contribution in [3.8, 4) is 5.75 Å². The summed E-state index contributed by atoms with van der Waals surface area (Å²) in [5.74, 6) is -0.0334. The van der Waals surface area contributed by atoms with Crippen molar-refractivity contribution in [2.24, 2.45) is 5.16 Å². The number of benzene rings is 1. The Balaban J connectivity index is 1.68. The van der Waals surface area contributed by atoms with Gasteiger partial charge in [-0.25, -0.2) is 4.39 Å². The van der Waals surface area contributed by atoms with Crippen molar-refractivity contribution in [2.45, 2.75) is 26.1 Å². The van der Waals surface area contributed by atoms with Crippen molar-refractivity contribution in [3.05, 3.63) is 78.2 Å². The highest BCUT2D eigenvalue weighted by Crippen LogP contribution is 2.29. The lowest BCUT2D eigenvalue weighted by Gasteiger charge is -2.16. The quantitative estimate of drug-likeness (QED) is 0.336. The van der Waals surface area contributed by atoms with Crippen LogP contribution in [0.1, 0.15) is 37.1 Å². The van der Waals surface area contributed by atoms with E-state index >= 15 is 0 Å². The molecule has 0 amide bonds. The van der Waals surface area contributed by atoms with Gasteiger partial charge < -0.3 is 14.0 Å². The second-order valence-electron chi connectivity index (χ2n) is 6.66. The third kappa shape index (κ3) is 4.40. The minimum atomic E-state index is -0.847. The fourth-order valence-electron chi connectivity index (χ4n) is 2.76. The minimum absolute atomic E-state index is 0.0330. The van der Waals surface area contributed by atoms with Crippen molar-refractivity contribution < 1.29 is 18.4 Å². The molecule has 0 spiro atoms. The van der Waals surface area contributed by atoms with Crippen LogP contribution in [0.25, 0.3) is 10.9 Å². The van der Waals surface area contributed by atoms with E-state index in [0.29, 0.717) is 11.1 Å². The molecule has 0 radical (unpaired) electrons. The van der Waals surface area contributed by atoms with Gasteiger partial charge in [0.05, 0.1) is 11.9 Å². The van der Waals surface area contributed by atoms with Crippen LogP contribution in [0.15, 0.2) is 64.8 Å². The third-order valence-electron chi connectivity index (χ3n) is 4.03. The molecule has 30 heavy (non-hydrogen) atoms. The van der Waals surface area contributed by atoms with Crippen LogP contribution >= 0.6 is 0 Å². The molecular weight excluding hydrogens is 389 g/mol. The summed E-state index contributed by atoms with van der Waals surface area (Å²) in [5.41, 5.74) is 1.49. The fraction of sp³-hybridized carbons (Fsp3) is 0.190. The van der Waals surface area contributed by atoms with Crippen molar-refractivity contribution in [1.82, 2.24) is 20.2 Å². The SMILES string of the molecule is CC(C)O/N=C/c1ccnc(C(Oc2cc(F)c3ncccc3c2)c2nnco2)c1. The van der Waals surface area contributed by atoms with E-state index in [2.05, 4.69) is 25.3 Å². The molecule has 0 N–H and O–H groups in total.